The van der Waals surface area contributed by atoms with E-state index in [1.807, 2.05) is 0 Å². The summed E-state index contributed by atoms with van der Waals surface area (Å²) in [5.41, 5.74) is 7.11. The fourth-order valence-corrected chi connectivity index (χ4v) is 3.31. The van der Waals surface area contributed by atoms with Gasteiger partial charge >= 0.3 is 0 Å². The Morgan fingerprint density at radius 2 is 2.00 bits per heavy atom. The van der Waals surface area contributed by atoms with Crippen molar-refractivity contribution in [3.05, 3.63) is 18.1 Å². The maximum absolute atomic E-state index is 6.28. The minimum Gasteiger partial charge on any atom is -0.480 e. The Balaban J connectivity index is 1.81. The molecular weight excluding hydrogens is 202 g/mol. The SMILES string of the molecule is COc1nccnc1C(N)C1C2CCCC21. The first-order valence-corrected chi connectivity index (χ1v) is 5.93. The van der Waals surface area contributed by atoms with Gasteiger partial charge in [0.15, 0.2) is 0 Å². The van der Waals surface area contributed by atoms with Gasteiger partial charge in [-0.2, -0.15) is 0 Å². The summed E-state index contributed by atoms with van der Waals surface area (Å²) < 4.78 is 5.21. The van der Waals surface area contributed by atoms with Crippen LogP contribution >= 0.6 is 0 Å². The van der Waals surface area contributed by atoms with E-state index in [0.29, 0.717) is 11.8 Å². The zero-order chi connectivity index (χ0) is 11.1. The molecule has 2 aliphatic carbocycles. The molecule has 3 unspecified atom stereocenters. The van der Waals surface area contributed by atoms with Crippen LogP contribution in [0.25, 0.3) is 0 Å². The van der Waals surface area contributed by atoms with Crippen molar-refractivity contribution >= 4 is 0 Å². The van der Waals surface area contributed by atoms with E-state index in [0.717, 1.165) is 17.5 Å². The predicted molar refractivity (Wildman–Crippen MR) is 59.8 cm³/mol. The number of nitrogens with two attached hydrogens (primary N) is 1. The second-order valence-electron chi connectivity index (χ2n) is 4.81. The van der Waals surface area contributed by atoms with E-state index in [2.05, 4.69) is 9.97 Å². The molecule has 1 aromatic heterocycles. The molecule has 86 valence electrons. The molecule has 0 radical (unpaired) electrons. The van der Waals surface area contributed by atoms with Crippen molar-refractivity contribution in [2.75, 3.05) is 7.11 Å². The predicted octanol–water partition coefficient (Wildman–Crippen LogP) is 1.53. The summed E-state index contributed by atoms with van der Waals surface area (Å²) >= 11 is 0. The molecule has 3 rings (SSSR count). The molecule has 0 saturated heterocycles. The van der Waals surface area contributed by atoms with Crippen molar-refractivity contribution in [2.45, 2.75) is 25.3 Å². The Morgan fingerprint density at radius 1 is 1.31 bits per heavy atom. The number of hydrogen-bond donors (Lipinski definition) is 1. The zero-order valence-corrected chi connectivity index (χ0v) is 9.47. The third kappa shape index (κ3) is 1.40. The van der Waals surface area contributed by atoms with Crippen molar-refractivity contribution in [1.82, 2.24) is 9.97 Å². The van der Waals surface area contributed by atoms with Gasteiger partial charge in [-0.25, -0.2) is 4.98 Å². The van der Waals surface area contributed by atoms with Crippen molar-refractivity contribution in [2.24, 2.45) is 23.5 Å². The molecule has 2 N–H and O–H groups in total. The maximum atomic E-state index is 6.28. The summed E-state index contributed by atoms with van der Waals surface area (Å²) in [6.45, 7) is 0. The summed E-state index contributed by atoms with van der Waals surface area (Å²) in [5, 5.41) is 0. The quantitative estimate of drug-likeness (QED) is 0.837. The van der Waals surface area contributed by atoms with Gasteiger partial charge in [0.05, 0.1) is 13.2 Å². The molecule has 0 amide bonds. The van der Waals surface area contributed by atoms with E-state index in [1.54, 1.807) is 19.5 Å². The van der Waals surface area contributed by atoms with Crippen LogP contribution in [0.2, 0.25) is 0 Å². The first-order valence-electron chi connectivity index (χ1n) is 5.93. The second kappa shape index (κ2) is 3.70. The third-order valence-corrected chi connectivity index (χ3v) is 4.09. The van der Waals surface area contributed by atoms with Crippen LogP contribution in [0.1, 0.15) is 31.0 Å². The number of aromatic nitrogens is 2. The lowest BCUT2D eigenvalue weighted by Crippen LogP contribution is -2.18. The number of hydrogen-bond acceptors (Lipinski definition) is 4. The van der Waals surface area contributed by atoms with Crippen LogP contribution in [0.3, 0.4) is 0 Å². The summed E-state index contributed by atoms with van der Waals surface area (Å²) in [6.07, 6.45) is 7.38. The molecule has 1 aromatic rings. The summed E-state index contributed by atoms with van der Waals surface area (Å²) in [4.78, 5) is 8.48. The highest BCUT2D eigenvalue weighted by molar-refractivity contribution is 5.24. The molecule has 4 nitrogen and oxygen atoms in total. The molecule has 2 fully saturated rings. The Labute approximate surface area is 95.2 Å². The lowest BCUT2D eigenvalue weighted by Gasteiger charge is -2.14. The van der Waals surface area contributed by atoms with E-state index >= 15 is 0 Å². The standard InChI is InChI=1S/C12H17N3O/c1-16-12-11(14-5-6-15-12)10(13)9-7-3-2-4-8(7)9/h5-10H,2-4,13H2,1H3. The fraction of sp³-hybridized carbons (Fsp3) is 0.667. The lowest BCUT2D eigenvalue weighted by molar-refractivity contribution is 0.376. The Morgan fingerprint density at radius 3 is 2.69 bits per heavy atom. The smallest absolute Gasteiger partial charge is 0.236 e. The van der Waals surface area contributed by atoms with E-state index in [4.69, 9.17) is 10.5 Å². The summed E-state index contributed by atoms with van der Waals surface area (Å²) in [7, 11) is 1.62. The topological polar surface area (TPSA) is 61.0 Å². The van der Waals surface area contributed by atoms with Crippen molar-refractivity contribution < 1.29 is 4.74 Å². The fourth-order valence-electron chi connectivity index (χ4n) is 3.31. The number of ether oxygens (including phenoxy) is 1. The normalized spacial score (nSPS) is 33.2. The van der Waals surface area contributed by atoms with Gasteiger partial charge in [-0.15, -0.1) is 0 Å². The van der Waals surface area contributed by atoms with E-state index < -0.39 is 0 Å². The second-order valence-corrected chi connectivity index (χ2v) is 4.81. The number of methoxy groups -OCH3 is 1. The first-order chi connectivity index (χ1) is 7.83. The molecule has 1 heterocycles. The van der Waals surface area contributed by atoms with Crippen LogP contribution in [0, 0.1) is 17.8 Å². The van der Waals surface area contributed by atoms with Crippen molar-refractivity contribution in [3.63, 3.8) is 0 Å². The third-order valence-electron chi connectivity index (χ3n) is 4.09. The molecule has 0 spiro atoms. The number of fused-ring (bicyclic) bond motifs is 1. The molecule has 0 aliphatic heterocycles. The average molecular weight is 219 g/mol. The van der Waals surface area contributed by atoms with Gasteiger partial charge in [-0.3, -0.25) is 4.98 Å². The molecule has 0 aromatic carbocycles. The van der Waals surface area contributed by atoms with Gasteiger partial charge in [0.1, 0.15) is 5.69 Å². The largest absolute Gasteiger partial charge is 0.480 e. The van der Waals surface area contributed by atoms with Gasteiger partial charge in [-0.05, 0) is 30.6 Å². The minimum absolute atomic E-state index is 0.000972. The van der Waals surface area contributed by atoms with E-state index in [-0.39, 0.29) is 6.04 Å². The molecule has 2 saturated carbocycles. The Kier molecular flexibility index (Phi) is 2.32. The van der Waals surface area contributed by atoms with Crippen LogP contribution in [0.4, 0.5) is 0 Å². The minimum atomic E-state index is -0.000972. The summed E-state index contributed by atoms with van der Waals surface area (Å²) in [5.74, 6) is 2.86. The highest BCUT2D eigenvalue weighted by Crippen LogP contribution is 2.61. The van der Waals surface area contributed by atoms with Gasteiger partial charge in [0, 0.05) is 12.4 Å². The summed E-state index contributed by atoms with van der Waals surface area (Å²) in [6, 6.07) is -0.000972. The molecular formula is C12H17N3O. The molecule has 2 aliphatic rings. The van der Waals surface area contributed by atoms with Gasteiger partial charge in [-0.1, -0.05) is 6.42 Å². The van der Waals surface area contributed by atoms with Crippen molar-refractivity contribution in [1.29, 1.82) is 0 Å². The zero-order valence-electron chi connectivity index (χ0n) is 9.47. The van der Waals surface area contributed by atoms with Crippen LogP contribution in [0.5, 0.6) is 5.88 Å². The van der Waals surface area contributed by atoms with Gasteiger partial charge in [0.2, 0.25) is 5.88 Å². The van der Waals surface area contributed by atoms with Crippen LogP contribution in [-0.4, -0.2) is 17.1 Å². The lowest BCUT2D eigenvalue weighted by atomic mass is 10.0. The van der Waals surface area contributed by atoms with Crippen LogP contribution in [0.15, 0.2) is 12.4 Å². The van der Waals surface area contributed by atoms with E-state index in [9.17, 15) is 0 Å². The van der Waals surface area contributed by atoms with Gasteiger partial charge in [0.25, 0.3) is 0 Å². The number of rotatable bonds is 3. The van der Waals surface area contributed by atoms with Crippen molar-refractivity contribution in [3.8, 4) is 5.88 Å². The average Bonchev–Trinajstić information content (AvgIpc) is 2.81. The monoisotopic (exact) mass is 219 g/mol. The molecule has 0 bridgehead atoms. The van der Waals surface area contributed by atoms with Crippen LogP contribution < -0.4 is 10.5 Å². The Hall–Kier alpha value is -1.16. The highest BCUT2D eigenvalue weighted by atomic mass is 16.5. The van der Waals surface area contributed by atoms with Crippen LogP contribution in [-0.2, 0) is 0 Å². The first kappa shape index (κ1) is 10.0. The molecule has 3 atom stereocenters. The number of nitrogens with zero attached hydrogens (tertiary/aromatic N) is 2. The molecule has 4 heteroatoms. The van der Waals surface area contributed by atoms with E-state index in [1.165, 1.54) is 19.3 Å². The Bertz CT molecular complexity index is 386. The highest BCUT2D eigenvalue weighted by Gasteiger charge is 2.56. The maximum Gasteiger partial charge on any atom is 0.236 e. The van der Waals surface area contributed by atoms with Gasteiger partial charge < -0.3 is 10.5 Å². The molecule has 16 heavy (non-hydrogen) atoms.